The lowest BCUT2D eigenvalue weighted by Crippen LogP contribution is -2.64. The number of benzene rings is 3. The summed E-state index contributed by atoms with van der Waals surface area (Å²) in [4.78, 5) is 18.5. The Balaban J connectivity index is 0.739. The molecule has 6 aromatic rings. The number of aromatic hydroxyl groups is 1. The number of carbonyl (C=O) groups excluding carboxylic acids is 1. The van der Waals surface area contributed by atoms with Gasteiger partial charge in [0.15, 0.2) is 8.32 Å². The van der Waals surface area contributed by atoms with Gasteiger partial charge in [-0.15, -0.1) is 27.8 Å². The van der Waals surface area contributed by atoms with Crippen molar-refractivity contribution >= 4 is 48.0 Å². The van der Waals surface area contributed by atoms with Crippen LogP contribution in [0.2, 0.25) is 18.1 Å². The summed E-state index contributed by atoms with van der Waals surface area (Å²) < 4.78 is 15.4. The number of aromatic nitrogens is 3. The summed E-state index contributed by atoms with van der Waals surface area (Å²) in [7, 11) is -2.10. The Bertz CT molecular complexity index is 2690. The van der Waals surface area contributed by atoms with E-state index in [9.17, 15) is 15.0 Å². The zero-order chi connectivity index (χ0) is 45.8. The third-order valence-corrected chi connectivity index (χ3v) is 22.2. The van der Waals surface area contributed by atoms with Crippen LogP contribution in [-0.4, -0.2) is 76.7 Å². The van der Waals surface area contributed by atoms with Crippen LogP contribution in [0.5, 0.6) is 5.75 Å². The van der Waals surface area contributed by atoms with Crippen LogP contribution in [0, 0.1) is 5.41 Å². The molecule has 13 heteroatoms. The zero-order valence-electron chi connectivity index (χ0n) is 39.2. The molecule has 3 aliphatic carbocycles. The molecule has 10 nitrogen and oxygen atoms in total. The number of likely N-dealkylation sites (tertiary alicyclic amines) is 1. The molecule has 4 heterocycles. The van der Waals surface area contributed by atoms with Gasteiger partial charge in [0.05, 0.1) is 21.4 Å². The quantitative estimate of drug-likeness (QED) is 0.0643. The summed E-state index contributed by atoms with van der Waals surface area (Å²) in [5.74, 6) is -0.155. The second-order valence-electron chi connectivity index (χ2n) is 21.1. The van der Waals surface area contributed by atoms with Crippen LogP contribution in [0.4, 0.5) is 0 Å². The maximum atomic E-state index is 13.9. The van der Waals surface area contributed by atoms with E-state index < -0.39 is 19.9 Å². The summed E-state index contributed by atoms with van der Waals surface area (Å²) in [5, 5.41) is 38.1. The molecule has 4 aliphatic rings. The molecule has 1 saturated carbocycles. The van der Waals surface area contributed by atoms with Crippen molar-refractivity contribution in [3.8, 4) is 16.2 Å². The molecule has 0 radical (unpaired) electrons. The predicted molar refractivity (Wildman–Crippen MR) is 267 cm³/mol. The lowest BCUT2D eigenvalue weighted by atomic mass is 9.61. The number of fused-ring (bicyclic) bond motifs is 4. The molecule has 10 rings (SSSR count). The van der Waals surface area contributed by atoms with Crippen LogP contribution in [0.1, 0.15) is 109 Å². The van der Waals surface area contributed by atoms with Crippen molar-refractivity contribution in [1.29, 1.82) is 0 Å². The van der Waals surface area contributed by atoms with Crippen molar-refractivity contribution in [1.82, 2.24) is 25.2 Å². The Morgan fingerprint density at radius 3 is 2.42 bits per heavy atom. The van der Waals surface area contributed by atoms with Gasteiger partial charge in [-0.3, -0.25) is 0 Å². The number of esters is 1. The summed E-state index contributed by atoms with van der Waals surface area (Å²) in [6, 6.07) is 23.9. The SMILES string of the molecule is CC(C)(C)[Si](C)(C)O[C@@H](CNCc1cc2nnn(CCCN3CC4(CC(OC(=O)[C@](O)(c5cccs5)c5ccc(-c6ccccc6)s5)C4)C3)c2c2c1CCC2)c1ccc(O)c2c1CCCC2. The lowest BCUT2D eigenvalue weighted by Gasteiger charge is -2.58. The number of aliphatic hydroxyl groups is 1. The van der Waals surface area contributed by atoms with Crippen LogP contribution in [-0.2, 0) is 58.3 Å². The third-order valence-electron chi connectivity index (χ3n) is 15.5. The van der Waals surface area contributed by atoms with Crippen LogP contribution in [0.3, 0.4) is 0 Å². The first-order chi connectivity index (χ1) is 31.7. The number of thiophene rings is 2. The molecule has 0 bridgehead atoms. The van der Waals surface area contributed by atoms with Crippen molar-refractivity contribution in [2.24, 2.45) is 5.41 Å². The van der Waals surface area contributed by atoms with E-state index in [1.807, 2.05) is 66.0 Å². The Kier molecular flexibility index (Phi) is 12.4. The number of nitrogens with one attached hydrogen (secondary N) is 1. The van der Waals surface area contributed by atoms with Crippen LogP contribution >= 0.6 is 22.7 Å². The number of nitrogens with zero attached hydrogens (tertiary/aromatic N) is 4. The molecule has 0 unspecified atom stereocenters. The van der Waals surface area contributed by atoms with Gasteiger partial charge in [-0.1, -0.05) is 68.4 Å². The summed E-state index contributed by atoms with van der Waals surface area (Å²) in [6.45, 7) is 16.9. The van der Waals surface area contributed by atoms with E-state index in [4.69, 9.17) is 19.5 Å². The standard InChI is InChI=1S/C53H65N5O5S2Si/c1-51(2,3)66(4,5)63-45(41-21-22-44(59)40-17-10-9-16-39(40)41)32-54-31-36-28-43-49(42-19-11-18-38(36)42)58(56-55-43)26-13-25-57-33-52(34-57)29-37(30-52)62-50(60)53(61,47-20-12-27-64-47)48-24-23-46(65-48)35-14-7-6-8-15-35/h6-8,12,14-15,20-24,27-28,37,45,54,59,61H,9-11,13,16-19,25-26,29-34H2,1-5H3/t45-,53-/m0/s1. The number of aryl methyl sites for hydroxylation is 2. The monoisotopic (exact) mass is 943 g/mol. The molecule has 1 spiro atoms. The highest BCUT2D eigenvalue weighted by atomic mass is 32.1. The molecule has 3 N–H and O–H groups in total. The van der Waals surface area contributed by atoms with E-state index in [1.165, 1.54) is 56.0 Å². The number of phenols is 1. The van der Waals surface area contributed by atoms with Crippen LogP contribution in [0.15, 0.2) is 78.2 Å². The Morgan fingerprint density at radius 2 is 1.67 bits per heavy atom. The summed E-state index contributed by atoms with van der Waals surface area (Å²) >= 11 is 2.81. The predicted octanol–water partition coefficient (Wildman–Crippen LogP) is 10.5. The van der Waals surface area contributed by atoms with Crippen molar-refractivity contribution in [3.63, 3.8) is 0 Å². The van der Waals surface area contributed by atoms with Gasteiger partial charge in [0.1, 0.15) is 17.4 Å². The van der Waals surface area contributed by atoms with Crippen molar-refractivity contribution < 1.29 is 24.2 Å². The summed E-state index contributed by atoms with van der Waals surface area (Å²) in [5.41, 5.74) is 9.41. The fourth-order valence-electron chi connectivity index (χ4n) is 11.0. The molecule has 2 fully saturated rings. The number of hydrogen-bond donors (Lipinski definition) is 3. The van der Waals surface area contributed by atoms with E-state index >= 15 is 0 Å². The number of rotatable bonds is 16. The molecular weight excluding hydrogens is 879 g/mol. The molecule has 0 amide bonds. The van der Waals surface area contributed by atoms with Gasteiger partial charge >= 0.3 is 5.97 Å². The van der Waals surface area contributed by atoms with Gasteiger partial charge in [-0.2, -0.15) is 0 Å². The third kappa shape index (κ3) is 8.62. The van der Waals surface area contributed by atoms with Gasteiger partial charge in [0.2, 0.25) is 5.60 Å². The minimum absolute atomic E-state index is 0.0795. The maximum Gasteiger partial charge on any atom is 0.349 e. The highest BCUT2D eigenvalue weighted by Crippen LogP contribution is 2.51. The molecular formula is C53H65N5O5S2Si. The Hall–Kier alpha value is -4.21. The normalized spacial score (nSPS) is 18.7. The molecule has 1 saturated heterocycles. The minimum Gasteiger partial charge on any atom is -0.508 e. The van der Waals surface area contributed by atoms with Crippen molar-refractivity contribution in [2.75, 3.05) is 26.2 Å². The second-order valence-corrected chi connectivity index (χ2v) is 27.9. The number of phenolic OH excluding ortho intramolecular Hbond substituents is 1. The van der Waals surface area contributed by atoms with E-state index in [0.717, 1.165) is 118 Å². The first kappa shape index (κ1) is 45.6. The lowest BCUT2D eigenvalue weighted by molar-refractivity contribution is -0.191. The number of ether oxygens (including phenoxy) is 1. The van der Waals surface area contributed by atoms with Gasteiger partial charge < -0.3 is 29.6 Å². The Labute approximate surface area is 398 Å². The van der Waals surface area contributed by atoms with Crippen LogP contribution < -0.4 is 5.32 Å². The Morgan fingerprint density at radius 1 is 0.909 bits per heavy atom. The first-order valence-corrected chi connectivity index (χ1v) is 28.8. The molecule has 1 aliphatic heterocycles. The van der Waals surface area contributed by atoms with E-state index in [2.05, 4.69) is 60.9 Å². The van der Waals surface area contributed by atoms with Crippen LogP contribution in [0.25, 0.3) is 21.5 Å². The van der Waals surface area contributed by atoms with E-state index in [-0.39, 0.29) is 22.7 Å². The second kappa shape index (κ2) is 18.0. The smallest absolute Gasteiger partial charge is 0.349 e. The zero-order valence-corrected chi connectivity index (χ0v) is 41.8. The fourth-order valence-corrected chi connectivity index (χ4v) is 14.3. The highest BCUT2D eigenvalue weighted by molar-refractivity contribution is 7.16. The molecule has 3 aromatic carbocycles. The minimum atomic E-state index is -2.10. The largest absolute Gasteiger partial charge is 0.508 e. The van der Waals surface area contributed by atoms with Gasteiger partial charge in [0, 0.05) is 43.0 Å². The molecule has 66 heavy (non-hydrogen) atoms. The van der Waals surface area contributed by atoms with Crippen molar-refractivity contribution in [2.45, 2.75) is 134 Å². The maximum absolute atomic E-state index is 13.9. The fraction of sp³-hybridized carbons (Fsp3) is 0.491. The molecule has 348 valence electrons. The van der Waals surface area contributed by atoms with Gasteiger partial charge in [-0.25, -0.2) is 9.48 Å². The molecule has 3 aromatic heterocycles. The van der Waals surface area contributed by atoms with E-state index in [0.29, 0.717) is 22.0 Å². The van der Waals surface area contributed by atoms with Gasteiger partial charge in [-0.05, 0) is 164 Å². The topological polar surface area (TPSA) is 122 Å². The average molecular weight is 944 g/mol. The number of hydrogen-bond acceptors (Lipinski definition) is 11. The number of carbonyl (C=O) groups is 1. The van der Waals surface area contributed by atoms with E-state index in [1.54, 1.807) is 0 Å². The average Bonchev–Trinajstić information content (AvgIpc) is 4.12. The first-order valence-electron chi connectivity index (χ1n) is 24.2. The highest BCUT2D eigenvalue weighted by Gasteiger charge is 2.55. The summed E-state index contributed by atoms with van der Waals surface area (Å²) in [6.07, 6.45) is 9.83. The molecule has 2 atom stereocenters. The van der Waals surface area contributed by atoms with Gasteiger partial charge in [0.25, 0.3) is 0 Å². The van der Waals surface area contributed by atoms with Crippen molar-refractivity contribution in [3.05, 3.63) is 121 Å².